The molecule has 0 aliphatic rings. The molecule has 0 saturated heterocycles. The molecule has 0 atom stereocenters. The summed E-state index contributed by atoms with van der Waals surface area (Å²) in [4.78, 5) is 1.37. The monoisotopic (exact) mass is 179 g/mol. The molecule has 0 spiro atoms. The molecule has 2 aromatic rings. The molecular formula is C7H9N5O. The molecule has 68 valence electrons. The van der Waals surface area contributed by atoms with Crippen molar-refractivity contribution in [3.8, 4) is 11.6 Å². The van der Waals surface area contributed by atoms with Crippen LogP contribution in [0.3, 0.4) is 0 Å². The number of nitrogens with two attached hydrogens (primary N) is 1. The van der Waals surface area contributed by atoms with Crippen molar-refractivity contribution >= 4 is 0 Å². The van der Waals surface area contributed by atoms with Gasteiger partial charge in [0.05, 0.1) is 13.6 Å². The summed E-state index contributed by atoms with van der Waals surface area (Å²) < 4.78 is 5.33. The van der Waals surface area contributed by atoms with Crippen LogP contribution in [0.15, 0.2) is 16.5 Å². The van der Waals surface area contributed by atoms with Crippen LogP contribution in [0, 0.1) is 0 Å². The molecule has 0 aromatic carbocycles. The zero-order valence-corrected chi connectivity index (χ0v) is 7.14. The molecule has 0 bridgehead atoms. The molecule has 2 N–H and O–H groups in total. The van der Waals surface area contributed by atoms with E-state index in [0.29, 0.717) is 23.9 Å². The largest absolute Gasteiger partial charge is 0.456 e. The maximum atomic E-state index is 5.39. The summed E-state index contributed by atoms with van der Waals surface area (Å²) in [5, 5.41) is 11.5. The van der Waals surface area contributed by atoms with Gasteiger partial charge in [-0.3, -0.25) is 0 Å². The van der Waals surface area contributed by atoms with Gasteiger partial charge in [0.2, 0.25) is 5.82 Å². The average Bonchev–Trinajstić information content (AvgIpc) is 2.71. The van der Waals surface area contributed by atoms with E-state index in [1.807, 2.05) is 0 Å². The fourth-order valence-electron chi connectivity index (χ4n) is 0.991. The fraction of sp³-hybridized carbons (Fsp3) is 0.286. The van der Waals surface area contributed by atoms with E-state index < -0.39 is 0 Å². The van der Waals surface area contributed by atoms with Crippen molar-refractivity contribution in [2.45, 2.75) is 6.54 Å². The van der Waals surface area contributed by atoms with E-state index in [4.69, 9.17) is 10.2 Å². The van der Waals surface area contributed by atoms with Crippen LogP contribution in [0.1, 0.15) is 5.76 Å². The second-order valence-electron chi connectivity index (χ2n) is 2.57. The maximum absolute atomic E-state index is 5.39. The van der Waals surface area contributed by atoms with Crippen molar-refractivity contribution in [3.05, 3.63) is 17.9 Å². The number of nitrogens with zero attached hydrogens (tertiary/aromatic N) is 4. The van der Waals surface area contributed by atoms with Gasteiger partial charge >= 0.3 is 0 Å². The maximum Gasteiger partial charge on any atom is 0.240 e. The summed E-state index contributed by atoms with van der Waals surface area (Å²) in [6.07, 6.45) is 0. The highest BCUT2D eigenvalue weighted by molar-refractivity contribution is 5.45. The Morgan fingerprint density at radius 3 is 2.92 bits per heavy atom. The second-order valence-corrected chi connectivity index (χ2v) is 2.57. The summed E-state index contributed by atoms with van der Waals surface area (Å²) in [6, 6.07) is 3.57. The van der Waals surface area contributed by atoms with Gasteiger partial charge in [-0.2, -0.15) is 4.80 Å². The lowest BCUT2D eigenvalue weighted by molar-refractivity contribution is 0.521. The number of hydrogen-bond acceptors (Lipinski definition) is 5. The normalized spacial score (nSPS) is 10.6. The quantitative estimate of drug-likeness (QED) is 0.697. The number of aromatic nitrogens is 4. The van der Waals surface area contributed by atoms with Crippen LogP contribution in [0.25, 0.3) is 11.6 Å². The lowest BCUT2D eigenvalue weighted by Crippen LogP contribution is -1.92. The van der Waals surface area contributed by atoms with Crippen LogP contribution in [-0.2, 0) is 13.6 Å². The van der Waals surface area contributed by atoms with Crippen molar-refractivity contribution in [2.75, 3.05) is 0 Å². The van der Waals surface area contributed by atoms with Gasteiger partial charge in [0.15, 0.2) is 5.76 Å². The lowest BCUT2D eigenvalue weighted by Gasteiger charge is -1.87. The zero-order chi connectivity index (χ0) is 9.26. The van der Waals surface area contributed by atoms with Crippen molar-refractivity contribution in [1.82, 2.24) is 20.2 Å². The molecule has 13 heavy (non-hydrogen) atoms. The summed E-state index contributed by atoms with van der Waals surface area (Å²) in [5.41, 5.74) is 5.39. The number of furan rings is 1. The first-order valence-corrected chi connectivity index (χ1v) is 3.83. The first-order valence-electron chi connectivity index (χ1n) is 3.83. The van der Waals surface area contributed by atoms with Gasteiger partial charge < -0.3 is 10.2 Å². The van der Waals surface area contributed by atoms with Crippen LogP contribution < -0.4 is 5.73 Å². The Morgan fingerprint density at radius 1 is 1.54 bits per heavy atom. The number of tetrazole rings is 1. The molecule has 0 unspecified atom stereocenters. The van der Waals surface area contributed by atoms with Crippen LogP contribution >= 0.6 is 0 Å². The molecule has 2 rings (SSSR count). The topological polar surface area (TPSA) is 82.8 Å². The smallest absolute Gasteiger partial charge is 0.240 e. The van der Waals surface area contributed by atoms with E-state index in [1.165, 1.54) is 4.80 Å². The SMILES string of the molecule is Cn1nnc(-c2ccc(CN)o2)n1. The molecule has 0 amide bonds. The molecule has 0 aliphatic carbocycles. The Bertz CT molecular complexity index is 404. The van der Waals surface area contributed by atoms with Gasteiger partial charge in [0.25, 0.3) is 0 Å². The van der Waals surface area contributed by atoms with E-state index >= 15 is 0 Å². The van der Waals surface area contributed by atoms with Crippen LogP contribution in [0.4, 0.5) is 0 Å². The highest BCUT2D eigenvalue weighted by Gasteiger charge is 2.08. The Labute approximate surface area is 74.3 Å². The predicted molar refractivity (Wildman–Crippen MR) is 44.4 cm³/mol. The summed E-state index contributed by atoms with van der Waals surface area (Å²) in [5.74, 6) is 1.78. The number of hydrogen-bond donors (Lipinski definition) is 1. The lowest BCUT2D eigenvalue weighted by atomic mass is 10.4. The highest BCUT2D eigenvalue weighted by Crippen LogP contribution is 2.16. The van der Waals surface area contributed by atoms with E-state index in [9.17, 15) is 0 Å². The number of aryl methyl sites for hydroxylation is 1. The second kappa shape index (κ2) is 2.98. The Morgan fingerprint density at radius 2 is 2.38 bits per heavy atom. The predicted octanol–water partition coefficient (Wildman–Crippen LogP) is -0.0712. The Hall–Kier alpha value is -1.69. The molecule has 6 nitrogen and oxygen atoms in total. The van der Waals surface area contributed by atoms with Gasteiger partial charge in [-0.1, -0.05) is 0 Å². The summed E-state index contributed by atoms with van der Waals surface area (Å²) >= 11 is 0. The third-order valence-corrected chi connectivity index (χ3v) is 1.59. The molecule has 6 heteroatoms. The molecule has 0 radical (unpaired) electrons. The van der Waals surface area contributed by atoms with Gasteiger partial charge in [0, 0.05) is 0 Å². The third-order valence-electron chi connectivity index (χ3n) is 1.59. The van der Waals surface area contributed by atoms with Gasteiger partial charge in [-0.15, -0.1) is 10.2 Å². The molecular weight excluding hydrogens is 170 g/mol. The van der Waals surface area contributed by atoms with Gasteiger partial charge in [0.1, 0.15) is 5.76 Å². The van der Waals surface area contributed by atoms with E-state index in [1.54, 1.807) is 19.2 Å². The van der Waals surface area contributed by atoms with Crippen molar-refractivity contribution in [1.29, 1.82) is 0 Å². The van der Waals surface area contributed by atoms with Crippen LogP contribution in [0.2, 0.25) is 0 Å². The molecule has 2 heterocycles. The van der Waals surface area contributed by atoms with E-state index in [2.05, 4.69) is 15.4 Å². The van der Waals surface area contributed by atoms with Crippen molar-refractivity contribution in [2.24, 2.45) is 12.8 Å². The minimum atomic E-state index is 0.375. The number of rotatable bonds is 2. The fourth-order valence-corrected chi connectivity index (χ4v) is 0.991. The van der Waals surface area contributed by atoms with Crippen molar-refractivity contribution < 1.29 is 4.42 Å². The summed E-state index contributed by atoms with van der Waals surface area (Å²) in [7, 11) is 1.70. The van der Waals surface area contributed by atoms with Crippen LogP contribution in [0.5, 0.6) is 0 Å². The molecule has 2 aromatic heterocycles. The van der Waals surface area contributed by atoms with E-state index in [0.717, 1.165) is 0 Å². The van der Waals surface area contributed by atoms with Crippen molar-refractivity contribution in [3.63, 3.8) is 0 Å². The highest BCUT2D eigenvalue weighted by atomic mass is 16.3. The average molecular weight is 179 g/mol. The Balaban J connectivity index is 2.35. The Kier molecular flexibility index (Phi) is 1.82. The minimum absolute atomic E-state index is 0.375. The van der Waals surface area contributed by atoms with Crippen LogP contribution in [-0.4, -0.2) is 20.2 Å². The molecule has 0 aliphatic heterocycles. The molecule has 0 fully saturated rings. The standard InChI is InChI=1S/C7H9N5O/c1-12-10-7(9-11-12)6-3-2-5(4-8)13-6/h2-3H,4,8H2,1H3. The third kappa shape index (κ3) is 1.43. The minimum Gasteiger partial charge on any atom is -0.456 e. The first kappa shape index (κ1) is 7.93. The van der Waals surface area contributed by atoms with Gasteiger partial charge in [-0.05, 0) is 17.3 Å². The summed E-state index contributed by atoms with van der Waals surface area (Å²) in [6.45, 7) is 0.375. The first-order chi connectivity index (χ1) is 6.29. The van der Waals surface area contributed by atoms with E-state index in [-0.39, 0.29) is 0 Å². The zero-order valence-electron chi connectivity index (χ0n) is 7.14. The van der Waals surface area contributed by atoms with Gasteiger partial charge in [-0.25, -0.2) is 0 Å². The molecule has 0 saturated carbocycles.